The Kier molecular flexibility index (Phi) is 49.8. The van der Waals surface area contributed by atoms with Crippen LogP contribution in [0.1, 0.15) is 278 Å². The second-order valence-electron chi connectivity index (χ2n) is 18.1. The van der Waals surface area contributed by atoms with Crippen molar-refractivity contribution >= 4 is 17.9 Å². The largest absolute Gasteiger partial charge is 0.462 e. The van der Waals surface area contributed by atoms with Gasteiger partial charge in [0.15, 0.2) is 6.10 Å². The lowest BCUT2D eigenvalue weighted by atomic mass is 10.0. The van der Waals surface area contributed by atoms with Crippen LogP contribution in [-0.2, 0) is 28.6 Å². The fourth-order valence-corrected chi connectivity index (χ4v) is 7.67. The Hall–Kier alpha value is -2.63. The van der Waals surface area contributed by atoms with Crippen molar-refractivity contribution in [3.63, 3.8) is 0 Å². The first-order valence-electron chi connectivity index (χ1n) is 27.1. The molecule has 0 aromatic rings. The van der Waals surface area contributed by atoms with Gasteiger partial charge >= 0.3 is 17.9 Å². The summed E-state index contributed by atoms with van der Waals surface area (Å²) in [6.45, 7) is 6.57. The molecule has 0 aliphatic heterocycles. The Labute approximate surface area is 390 Å². The van der Waals surface area contributed by atoms with Crippen LogP contribution in [0.2, 0.25) is 0 Å². The maximum absolute atomic E-state index is 12.8. The number of unbranched alkanes of at least 4 members (excludes halogenated alkanes) is 30. The summed E-state index contributed by atoms with van der Waals surface area (Å²) in [7, 11) is 0. The molecule has 0 fully saturated rings. The molecule has 0 bridgehead atoms. The number of hydrogen-bond donors (Lipinski definition) is 0. The van der Waals surface area contributed by atoms with Crippen molar-refractivity contribution in [3.8, 4) is 0 Å². The molecule has 6 heteroatoms. The van der Waals surface area contributed by atoms with Gasteiger partial charge in [-0.25, -0.2) is 0 Å². The lowest BCUT2D eigenvalue weighted by Gasteiger charge is -2.18. The third-order valence-corrected chi connectivity index (χ3v) is 11.8. The fraction of sp³-hybridized carbons (Fsp3) is 0.807. The number of allylic oxidation sites excluding steroid dienone is 8. The minimum absolute atomic E-state index is 0.0826. The molecule has 0 aliphatic carbocycles. The van der Waals surface area contributed by atoms with Gasteiger partial charge in [0.1, 0.15) is 13.2 Å². The number of hydrogen-bond acceptors (Lipinski definition) is 6. The Morgan fingerprint density at radius 3 is 0.984 bits per heavy atom. The summed E-state index contributed by atoms with van der Waals surface area (Å²) in [4.78, 5) is 38.0. The third-order valence-electron chi connectivity index (χ3n) is 11.8. The first-order valence-corrected chi connectivity index (χ1v) is 27.1. The monoisotopic (exact) mass is 883 g/mol. The van der Waals surface area contributed by atoms with Gasteiger partial charge in [-0.3, -0.25) is 14.4 Å². The van der Waals surface area contributed by atoms with E-state index in [1.165, 1.54) is 148 Å². The van der Waals surface area contributed by atoms with Crippen LogP contribution < -0.4 is 0 Å². The molecule has 0 unspecified atom stereocenters. The summed E-state index contributed by atoms with van der Waals surface area (Å²) in [5.74, 6) is -0.903. The van der Waals surface area contributed by atoms with Crippen molar-refractivity contribution in [3.05, 3.63) is 48.6 Å². The Balaban J connectivity index is 4.37. The van der Waals surface area contributed by atoms with E-state index in [0.717, 1.165) is 89.9 Å². The van der Waals surface area contributed by atoms with Crippen LogP contribution in [0.4, 0.5) is 0 Å². The highest BCUT2D eigenvalue weighted by atomic mass is 16.6. The van der Waals surface area contributed by atoms with Crippen LogP contribution >= 0.6 is 0 Å². The molecular formula is C57H102O6. The van der Waals surface area contributed by atoms with Gasteiger partial charge in [0.2, 0.25) is 0 Å². The van der Waals surface area contributed by atoms with Gasteiger partial charge in [0, 0.05) is 19.3 Å². The Morgan fingerprint density at radius 2 is 0.587 bits per heavy atom. The van der Waals surface area contributed by atoms with Gasteiger partial charge in [-0.15, -0.1) is 0 Å². The summed E-state index contributed by atoms with van der Waals surface area (Å²) < 4.78 is 16.8. The summed E-state index contributed by atoms with van der Waals surface area (Å²) >= 11 is 0. The lowest BCUT2D eigenvalue weighted by molar-refractivity contribution is -0.167. The summed E-state index contributed by atoms with van der Waals surface area (Å²) in [5, 5.41) is 0. The molecule has 6 nitrogen and oxygen atoms in total. The van der Waals surface area contributed by atoms with Gasteiger partial charge in [-0.05, 0) is 77.0 Å². The van der Waals surface area contributed by atoms with Crippen molar-refractivity contribution < 1.29 is 28.6 Å². The number of carbonyl (C=O) groups is 3. The molecule has 0 N–H and O–H groups in total. The first-order chi connectivity index (χ1) is 31.0. The van der Waals surface area contributed by atoms with Crippen LogP contribution in [0.5, 0.6) is 0 Å². The van der Waals surface area contributed by atoms with Crippen LogP contribution in [-0.4, -0.2) is 37.2 Å². The highest BCUT2D eigenvalue weighted by Gasteiger charge is 2.19. The highest BCUT2D eigenvalue weighted by molar-refractivity contribution is 5.71. The molecule has 366 valence electrons. The first kappa shape index (κ1) is 60.4. The zero-order valence-corrected chi connectivity index (χ0v) is 41.8. The standard InChI is InChI=1S/C57H102O6/c1-4-7-10-13-16-19-22-24-26-28-30-32-35-38-41-44-47-50-56(59)62-53-54(52-61-55(58)49-46-43-40-37-34-21-18-15-12-9-6-3)63-57(60)51-48-45-42-39-36-33-31-29-27-25-23-20-17-14-11-8-5-2/h15-16,18-19,24,26,30,32,54H,4-14,17,20-23,25,27-29,31,33-53H2,1-3H3/b18-15-,19-16-,26-24-,32-30-/t54-/m1/s1. The van der Waals surface area contributed by atoms with Crippen LogP contribution in [0.25, 0.3) is 0 Å². The van der Waals surface area contributed by atoms with Crippen LogP contribution in [0.3, 0.4) is 0 Å². The van der Waals surface area contributed by atoms with Gasteiger partial charge in [-0.1, -0.05) is 230 Å². The SMILES string of the molecule is CCCC/C=C\CCCCCCCC(=O)OC[C@H](COC(=O)CCCCCC/C=C\C/C=C\C/C=C\CCCCC)OC(=O)CCCCCCCCCCCCCCCCCCC. The normalized spacial score (nSPS) is 12.4. The molecule has 0 saturated carbocycles. The maximum Gasteiger partial charge on any atom is 0.306 e. The molecular weight excluding hydrogens is 781 g/mol. The minimum Gasteiger partial charge on any atom is -0.462 e. The van der Waals surface area contributed by atoms with E-state index in [1.807, 2.05) is 0 Å². The minimum atomic E-state index is -0.782. The van der Waals surface area contributed by atoms with E-state index in [0.29, 0.717) is 19.3 Å². The topological polar surface area (TPSA) is 78.9 Å². The molecule has 0 aliphatic rings. The number of carbonyl (C=O) groups excluding carboxylic acids is 3. The van der Waals surface area contributed by atoms with E-state index < -0.39 is 6.10 Å². The smallest absolute Gasteiger partial charge is 0.306 e. The van der Waals surface area contributed by atoms with E-state index in [1.54, 1.807) is 0 Å². The zero-order valence-electron chi connectivity index (χ0n) is 41.8. The van der Waals surface area contributed by atoms with Gasteiger partial charge < -0.3 is 14.2 Å². The van der Waals surface area contributed by atoms with Crippen LogP contribution in [0.15, 0.2) is 48.6 Å². The molecule has 0 aromatic heterocycles. The van der Waals surface area contributed by atoms with E-state index in [-0.39, 0.29) is 31.1 Å². The van der Waals surface area contributed by atoms with Crippen molar-refractivity contribution in [2.45, 2.75) is 284 Å². The van der Waals surface area contributed by atoms with Crippen molar-refractivity contribution in [2.75, 3.05) is 13.2 Å². The Bertz CT molecular complexity index is 1110. The van der Waals surface area contributed by atoms with Gasteiger partial charge in [0.25, 0.3) is 0 Å². The molecule has 0 saturated heterocycles. The van der Waals surface area contributed by atoms with Crippen molar-refractivity contribution in [2.24, 2.45) is 0 Å². The maximum atomic E-state index is 12.8. The molecule has 0 radical (unpaired) electrons. The molecule has 63 heavy (non-hydrogen) atoms. The Morgan fingerprint density at radius 1 is 0.317 bits per heavy atom. The number of ether oxygens (including phenoxy) is 3. The molecule has 0 heterocycles. The summed E-state index contributed by atoms with van der Waals surface area (Å²) in [6, 6.07) is 0. The second-order valence-corrected chi connectivity index (χ2v) is 18.1. The highest BCUT2D eigenvalue weighted by Crippen LogP contribution is 2.16. The zero-order chi connectivity index (χ0) is 45.8. The van der Waals surface area contributed by atoms with Crippen LogP contribution in [0, 0.1) is 0 Å². The van der Waals surface area contributed by atoms with Gasteiger partial charge in [-0.2, -0.15) is 0 Å². The van der Waals surface area contributed by atoms with E-state index in [9.17, 15) is 14.4 Å². The second kappa shape index (κ2) is 52.0. The predicted molar refractivity (Wildman–Crippen MR) is 270 cm³/mol. The van der Waals surface area contributed by atoms with E-state index in [2.05, 4.69) is 69.4 Å². The van der Waals surface area contributed by atoms with Gasteiger partial charge in [0.05, 0.1) is 0 Å². The predicted octanol–water partition coefficient (Wildman–Crippen LogP) is 17.9. The number of rotatable bonds is 49. The van der Waals surface area contributed by atoms with Crippen molar-refractivity contribution in [1.29, 1.82) is 0 Å². The fourth-order valence-electron chi connectivity index (χ4n) is 7.67. The molecule has 0 aromatic carbocycles. The number of esters is 3. The third kappa shape index (κ3) is 50.2. The molecule has 1 atom stereocenters. The summed E-state index contributed by atoms with van der Waals surface area (Å²) in [6.07, 6.45) is 62.4. The van der Waals surface area contributed by atoms with E-state index >= 15 is 0 Å². The van der Waals surface area contributed by atoms with E-state index in [4.69, 9.17) is 14.2 Å². The molecule has 0 rings (SSSR count). The van der Waals surface area contributed by atoms with Crippen molar-refractivity contribution in [1.82, 2.24) is 0 Å². The average Bonchev–Trinajstić information content (AvgIpc) is 3.28. The lowest BCUT2D eigenvalue weighted by Crippen LogP contribution is -2.30. The summed E-state index contributed by atoms with van der Waals surface area (Å²) in [5.41, 5.74) is 0. The average molecular weight is 883 g/mol. The molecule has 0 spiro atoms. The quantitative estimate of drug-likeness (QED) is 0.0262. The molecule has 0 amide bonds.